The second kappa shape index (κ2) is 2.09. The molecule has 10 heavy (non-hydrogen) atoms. The highest BCUT2D eigenvalue weighted by atomic mass is 32.1. The highest BCUT2D eigenvalue weighted by molar-refractivity contribution is 7.17. The number of aryl methyl sites for hydroxylation is 1. The molecule has 2 heterocycles. The van der Waals surface area contributed by atoms with Gasteiger partial charge in [-0.3, -0.25) is 4.68 Å². The SMILES string of the molecule is CCn1ncc2sccc21. The van der Waals surface area contributed by atoms with Crippen LogP contribution < -0.4 is 0 Å². The standard InChI is InChI=1S/C7H8N2S/c1-2-9-6-3-4-10-7(6)5-8-9/h3-5H,2H2,1H3. The van der Waals surface area contributed by atoms with Crippen molar-refractivity contribution in [3.05, 3.63) is 17.6 Å². The van der Waals surface area contributed by atoms with Crippen LogP contribution in [0.5, 0.6) is 0 Å². The van der Waals surface area contributed by atoms with Crippen LogP contribution in [-0.4, -0.2) is 9.78 Å². The molecule has 0 saturated heterocycles. The van der Waals surface area contributed by atoms with E-state index < -0.39 is 0 Å². The van der Waals surface area contributed by atoms with Crippen molar-refractivity contribution in [2.45, 2.75) is 13.5 Å². The molecule has 0 unspecified atom stereocenters. The van der Waals surface area contributed by atoms with Crippen molar-refractivity contribution in [1.29, 1.82) is 0 Å². The summed E-state index contributed by atoms with van der Waals surface area (Å²) >= 11 is 1.74. The van der Waals surface area contributed by atoms with Gasteiger partial charge in [-0.2, -0.15) is 5.10 Å². The van der Waals surface area contributed by atoms with Gasteiger partial charge in [-0.05, 0) is 18.4 Å². The molecule has 0 N–H and O–H groups in total. The lowest BCUT2D eigenvalue weighted by Gasteiger charge is -1.92. The zero-order chi connectivity index (χ0) is 6.97. The van der Waals surface area contributed by atoms with Gasteiger partial charge in [0, 0.05) is 6.54 Å². The Morgan fingerprint density at radius 2 is 2.60 bits per heavy atom. The number of thiophene rings is 1. The summed E-state index contributed by atoms with van der Waals surface area (Å²) in [5.41, 5.74) is 1.26. The minimum absolute atomic E-state index is 0.959. The maximum Gasteiger partial charge on any atom is 0.0790 e. The number of rotatable bonds is 1. The molecule has 0 aliphatic carbocycles. The van der Waals surface area contributed by atoms with Gasteiger partial charge in [-0.1, -0.05) is 0 Å². The third-order valence-electron chi connectivity index (χ3n) is 1.57. The summed E-state index contributed by atoms with van der Waals surface area (Å²) in [4.78, 5) is 0. The van der Waals surface area contributed by atoms with E-state index in [0.717, 1.165) is 6.54 Å². The highest BCUT2D eigenvalue weighted by Crippen LogP contribution is 2.19. The van der Waals surface area contributed by atoms with Gasteiger partial charge in [0.1, 0.15) is 0 Å². The Balaban J connectivity index is 2.76. The summed E-state index contributed by atoms with van der Waals surface area (Å²) < 4.78 is 3.29. The molecule has 0 aliphatic rings. The quantitative estimate of drug-likeness (QED) is 0.612. The van der Waals surface area contributed by atoms with Gasteiger partial charge in [0.25, 0.3) is 0 Å². The molecule has 0 aliphatic heterocycles. The first kappa shape index (κ1) is 5.92. The van der Waals surface area contributed by atoms with Crippen LogP contribution in [0.25, 0.3) is 10.2 Å². The van der Waals surface area contributed by atoms with Gasteiger partial charge in [0.2, 0.25) is 0 Å². The normalized spacial score (nSPS) is 10.9. The predicted molar refractivity (Wildman–Crippen MR) is 43.3 cm³/mol. The first-order valence-electron chi connectivity index (χ1n) is 3.31. The topological polar surface area (TPSA) is 17.8 Å². The van der Waals surface area contributed by atoms with Crippen molar-refractivity contribution in [3.63, 3.8) is 0 Å². The Hall–Kier alpha value is -0.830. The molecule has 2 aromatic heterocycles. The third kappa shape index (κ3) is 0.671. The predicted octanol–water partition coefficient (Wildman–Crippen LogP) is 2.12. The second-order valence-corrected chi connectivity index (χ2v) is 3.08. The van der Waals surface area contributed by atoms with Crippen LogP contribution in [0.2, 0.25) is 0 Å². The molecular formula is C7H8N2S. The van der Waals surface area contributed by atoms with Crippen LogP contribution in [-0.2, 0) is 6.54 Å². The maximum atomic E-state index is 4.20. The average Bonchev–Trinajstić information content (AvgIpc) is 2.44. The smallest absolute Gasteiger partial charge is 0.0790 e. The van der Waals surface area contributed by atoms with Crippen molar-refractivity contribution in [1.82, 2.24) is 9.78 Å². The fraction of sp³-hybridized carbons (Fsp3) is 0.286. The first-order chi connectivity index (χ1) is 4.92. The second-order valence-electron chi connectivity index (χ2n) is 2.13. The summed E-state index contributed by atoms with van der Waals surface area (Å²) in [7, 11) is 0. The number of aromatic nitrogens is 2. The summed E-state index contributed by atoms with van der Waals surface area (Å²) in [6, 6.07) is 2.11. The molecule has 0 spiro atoms. The van der Waals surface area contributed by atoms with Crippen molar-refractivity contribution in [2.75, 3.05) is 0 Å². The van der Waals surface area contributed by atoms with Crippen LogP contribution in [0.4, 0.5) is 0 Å². The van der Waals surface area contributed by atoms with Gasteiger partial charge in [0.05, 0.1) is 16.4 Å². The molecular weight excluding hydrogens is 144 g/mol. The van der Waals surface area contributed by atoms with Gasteiger partial charge >= 0.3 is 0 Å². The lowest BCUT2D eigenvalue weighted by Crippen LogP contribution is -1.93. The van der Waals surface area contributed by atoms with E-state index in [4.69, 9.17) is 0 Å². The largest absolute Gasteiger partial charge is 0.264 e. The molecule has 2 aromatic rings. The van der Waals surface area contributed by atoms with Crippen LogP contribution >= 0.6 is 11.3 Å². The molecule has 0 aromatic carbocycles. The summed E-state index contributed by atoms with van der Waals surface area (Å²) in [5.74, 6) is 0. The Kier molecular flexibility index (Phi) is 1.24. The molecule has 0 atom stereocenters. The van der Waals surface area contributed by atoms with Crippen molar-refractivity contribution >= 4 is 21.6 Å². The number of nitrogens with zero attached hydrogens (tertiary/aromatic N) is 2. The van der Waals surface area contributed by atoms with E-state index in [1.165, 1.54) is 10.2 Å². The number of fused-ring (bicyclic) bond motifs is 1. The lowest BCUT2D eigenvalue weighted by atomic mass is 10.5. The Bertz CT molecular complexity index is 334. The van der Waals surface area contributed by atoms with Crippen molar-refractivity contribution in [2.24, 2.45) is 0 Å². The summed E-state index contributed by atoms with van der Waals surface area (Å²) in [6.07, 6.45) is 1.92. The Labute approximate surface area is 63.1 Å². The minimum Gasteiger partial charge on any atom is -0.264 e. The first-order valence-corrected chi connectivity index (χ1v) is 4.19. The molecule has 3 heteroatoms. The van der Waals surface area contributed by atoms with Crippen LogP contribution in [0, 0.1) is 0 Å². The molecule has 0 bridgehead atoms. The van der Waals surface area contributed by atoms with Crippen LogP contribution in [0.1, 0.15) is 6.92 Å². The van der Waals surface area contributed by atoms with Gasteiger partial charge in [-0.25, -0.2) is 0 Å². The molecule has 2 rings (SSSR count). The zero-order valence-electron chi connectivity index (χ0n) is 5.74. The zero-order valence-corrected chi connectivity index (χ0v) is 6.56. The summed E-state index contributed by atoms with van der Waals surface area (Å²) in [6.45, 7) is 3.06. The fourth-order valence-electron chi connectivity index (χ4n) is 1.06. The molecule has 0 amide bonds. The average molecular weight is 152 g/mol. The van der Waals surface area contributed by atoms with Gasteiger partial charge in [0.15, 0.2) is 0 Å². The van der Waals surface area contributed by atoms with Crippen LogP contribution in [0.15, 0.2) is 17.6 Å². The maximum absolute atomic E-state index is 4.20. The third-order valence-corrected chi connectivity index (χ3v) is 2.41. The lowest BCUT2D eigenvalue weighted by molar-refractivity contribution is 0.684. The van der Waals surface area contributed by atoms with Crippen molar-refractivity contribution < 1.29 is 0 Å². The molecule has 52 valence electrons. The molecule has 0 fully saturated rings. The molecule has 0 saturated carbocycles. The van der Waals surface area contributed by atoms with E-state index in [9.17, 15) is 0 Å². The Morgan fingerprint density at radius 3 is 3.40 bits per heavy atom. The van der Waals surface area contributed by atoms with E-state index in [-0.39, 0.29) is 0 Å². The molecule has 0 radical (unpaired) electrons. The van der Waals surface area contributed by atoms with E-state index >= 15 is 0 Å². The van der Waals surface area contributed by atoms with Crippen LogP contribution in [0.3, 0.4) is 0 Å². The van der Waals surface area contributed by atoms with Gasteiger partial charge < -0.3 is 0 Å². The summed E-state index contributed by atoms with van der Waals surface area (Å²) in [5, 5.41) is 6.30. The highest BCUT2D eigenvalue weighted by Gasteiger charge is 1.99. The molecule has 2 nitrogen and oxygen atoms in total. The van der Waals surface area contributed by atoms with Gasteiger partial charge in [-0.15, -0.1) is 11.3 Å². The fourth-order valence-corrected chi connectivity index (χ4v) is 1.81. The number of hydrogen-bond donors (Lipinski definition) is 0. The number of hydrogen-bond acceptors (Lipinski definition) is 2. The Morgan fingerprint density at radius 1 is 1.70 bits per heavy atom. The monoisotopic (exact) mass is 152 g/mol. The van der Waals surface area contributed by atoms with E-state index in [2.05, 4.69) is 23.5 Å². The van der Waals surface area contributed by atoms with Crippen molar-refractivity contribution in [3.8, 4) is 0 Å². The van der Waals surface area contributed by atoms with E-state index in [0.29, 0.717) is 0 Å². The van der Waals surface area contributed by atoms with E-state index in [1.54, 1.807) is 11.3 Å². The minimum atomic E-state index is 0.959. The van der Waals surface area contributed by atoms with E-state index in [1.807, 2.05) is 10.9 Å².